The molecule has 2 heterocycles. The zero-order chi connectivity index (χ0) is 7.68. The molecule has 0 saturated carbocycles. The summed E-state index contributed by atoms with van der Waals surface area (Å²) in [7, 11) is 0. The number of amides is 1. The van der Waals surface area contributed by atoms with Crippen LogP contribution in [0.25, 0.3) is 0 Å². The molecule has 11 heavy (non-hydrogen) atoms. The van der Waals surface area contributed by atoms with Crippen molar-refractivity contribution in [1.82, 2.24) is 4.68 Å². The van der Waals surface area contributed by atoms with E-state index < -0.39 is 0 Å². The summed E-state index contributed by atoms with van der Waals surface area (Å²) in [5.74, 6) is 0.223. The van der Waals surface area contributed by atoms with Gasteiger partial charge in [0.1, 0.15) is 0 Å². The van der Waals surface area contributed by atoms with E-state index in [0.717, 1.165) is 13.0 Å². The molecule has 3 nitrogen and oxygen atoms in total. The summed E-state index contributed by atoms with van der Waals surface area (Å²) >= 11 is 0. The second kappa shape index (κ2) is 2.42. The highest BCUT2D eigenvalue weighted by Gasteiger charge is 2.20. The van der Waals surface area contributed by atoms with Crippen LogP contribution in [0.5, 0.6) is 0 Å². The van der Waals surface area contributed by atoms with Gasteiger partial charge >= 0.3 is 0 Å². The van der Waals surface area contributed by atoms with Crippen LogP contribution in [-0.2, 0) is 4.79 Å². The monoisotopic (exact) mass is 150 g/mol. The average molecular weight is 150 g/mol. The largest absolute Gasteiger partial charge is 0.273 e. The Morgan fingerprint density at radius 2 is 2.00 bits per heavy atom. The number of hydrogen-bond acceptors (Lipinski definition) is 1. The summed E-state index contributed by atoms with van der Waals surface area (Å²) in [5.41, 5.74) is 0. The minimum Gasteiger partial charge on any atom is -0.273 e. The zero-order valence-corrected chi connectivity index (χ0v) is 6.23. The molecule has 0 aromatic carbocycles. The van der Waals surface area contributed by atoms with E-state index in [1.165, 1.54) is 0 Å². The van der Waals surface area contributed by atoms with Crippen molar-refractivity contribution in [3.05, 3.63) is 24.5 Å². The van der Waals surface area contributed by atoms with Crippen LogP contribution in [0.1, 0.15) is 12.8 Å². The number of carbonyl (C=O) groups excluding carboxylic acids is 1. The van der Waals surface area contributed by atoms with Gasteiger partial charge in [-0.3, -0.25) is 14.5 Å². The van der Waals surface area contributed by atoms with Gasteiger partial charge in [0.25, 0.3) is 0 Å². The van der Waals surface area contributed by atoms with Crippen molar-refractivity contribution in [3.63, 3.8) is 0 Å². The molecule has 1 aliphatic heterocycles. The van der Waals surface area contributed by atoms with Gasteiger partial charge < -0.3 is 0 Å². The molecule has 1 amide bonds. The average Bonchev–Trinajstić information content (AvgIpc) is 2.55. The van der Waals surface area contributed by atoms with Gasteiger partial charge in [-0.25, -0.2) is 0 Å². The number of rotatable bonds is 1. The predicted octanol–water partition coefficient (Wildman–Crippen LogP) is 0.747. The summed E-state index contributed by atoms with van der Waals surface area (Å²) in [5, 5.41) is 1.76. The topological polar surface area (TPSA) is 25.2 Å². The van der Waals surface area contributed by atoms with E-state index in [1.54, 1.807) is 5.01 Å². The molecule has 0 atom stereocenters. The molecule has 3 heteroatoms. The Kier molecular flexibility index (Phi) is 1.42. The molecule has 58 valence electrons. The maximum atomic E-state index is 11.2. The van der Waals surface area contributed by atoms with E-state index in [9.17, 15) is 4.79 Å². The fourth-order valence-corrected chi connectivity index (χ4v) is 1.36. The SMILES string of the molecule is O=C1CCCN1n1cccc1. The van der Waals surface area contributed by atoms with Crippen LogP contribution in [-0.4, -0.2) is 17.1 Å². The molecule has 0 unspecified atom stereocenters. The Morgan fingerprint density at radius 3 is 2.55 bits per heavy atom. The molecule has 0 spiro atoms. The highest BCUT2D eigenvalue weighted by Crippen LogP contribution is 2.08. The first kappa shape index (κ1) is 6.46. The van der Waals surface area contributed by atoms with Gasteiger partial charge in [0.2, 0.25) is 5.91 Å². The molecular weight excluding hydrogens is 140 g/mol. The van der Waals surface area contributed by atoms with Crippen molar-refractivity contribution in [2.45, 2.75) is 12.8 Å². The fourth-order valence-electron chi connectivity index (χ4n) is 1.36. The van der Waals surface area contributed by atoms with Gasteiger partial charge in [-0.1, -0.05) is 0 Å². The van der Waals surface area contributed by atoms with Crippen molar-refractivity contribution in [3.8, 4) is 0 Å². The van der Waals surface area contributed by atoms with Crippen molar-refractivity contribution in [2.24, 2.45) is 0 Å². The lowest BCUT2D eigenvalue weighted by atomic mass is 10.4. The quantitative estimate of drug-likeness (QED) is 0.579. The third kappa shape index (κ3) is 1.02. The summed E-state index contributed by atoms with van der Waals surface area (Å²) in [6, 6.07) is 3.84. The standard InChI is InChI=1S/C8H10N2O/c11-8-4-3-7-10(8)9-5-1-2-6-9/h1-2,5-6H,3-4,7H2. The van der Waals surface area contributed by atoms with Crippen LogP contribution in [0.2, 0.25) is 0 Å². The van der Waals surface area contributed by atoms with E-state index in [2.05, 4.69) is 0 Å². The van der Waals surface area contributed by atoms with Crippen LogP contribution >= 0.6 is 0 Å². The van der Waals surface area contributed by atoms with Crippen molar-refractivity contribution in [1.29, 1.82) is 0 Å². The van der Waals surface area contributed by atoms with Gasteiger partial charge in [0.15, 0.2) is 0 Å². The van der Waals surface area contributed by atoms with Crippen LogP contribution in [0, 0.1) is 0 Å². The lowest BCUT2D eigenvalue weighted by Crippen LogP contribution is -2.34. The number of hydrogen-bond donors (Lipinski definition) is 0. The summed E-state index contributed by atoms with van der Waals surface area (Å²) < 4.78 is 1.84. The number of aromatic nitrogens is 1. The van der Waals surface area contributed by atoms with Crippen molar-refractivity contribution < 1.29 is 4.79 Å². The summed E-state index contributed by atoms with van der Waals surface area (Å²) in [4.78, 5) is 11.2. The molecule has 2 rings (SSSR count). The molecule has 1 fully saturated rings. The van der Waals surface area contributed by atoms with E-state index in [4.69, 9.17) is 0 Å². The molecule has 1 aliphatic rings. The van der Waals surface area contributed by atoms with E-state index in [-0.39, 0.29) is 5.91 Å². The predicted molar refractivity (Wildman–Crippen MR) is 41.8 cm³/mol. The number of nitrogens with zero attached hydrogens (tertiary/aromatic N) is 2. The summed E-state index contributed by atoms with van der Waals surface area (Å²) in [6.45, 7) is 0.855. The first-order chi connectivity index (χ1) is 5.38. The first-order valence-electron chi connectivity index (χ1n) is 3.81. The minimum absolute atomic E-state index is 0.223. The second-order valence-corrected chi connectivity index (χ2v) is 2.68. The van der Waals surface area contributed by atoms with E-state index >= 15 is 0 Å². The molecule has 0 bridgehead atoms. The molecule has 1 saturated heterocycles. The molecular formula is C8H10N2O. The van der Waals surface area contributed by atoms with Crippen molar-refractivity contribution in [2.75, 3.05) is 11.6 Å². The lowest BCUT2D eigenvalue weighted by molar-refractivity contribution is -0.118. The Morgan fingerprint density at radius 1 is 1.27 bits per heavy atom. The van der Waals surface area contributed by atoms with Gasteiger partial charge in [0, 0.05) is 25.4 Å². The Hall–Kier alpha value is -1.25. The molecule has 0 aliphatic carbocycles. The molecule has 1 aromatic rings. The third-order valence-electron chi connectivity index (χ3n) is 1.92. The highest BCUT2D eigenvalue weighted by molar-refractivity contribution is 5.87. The maximum absolute atomic E-state index is 11.2. The van der Waals surface area contributed by atoms with Crippen LogP contribution in [0.3, 0.4) is 0 Å². The van der Waals surface area contributed by atoms with Gasteiger partial charge in [-0.15, -0.1) is 0 Å². The Bertz CT molecular complexity index is 253. The Labute approximate surface area is 65.2 Å². The molecule has 1 aromatic heterocycles. The van der Waals surface area contributed by atoms with Crippen LogP contribution in [0.15, 0.2) is 24.5 Å². The molecule has 0 N–H and O–H groups in total. The fraction of sp³-hybridized carbons (Fsp3) is 0.375. The second-order valence-electron chi connectivity index (χ2n) is 2.68. The van der Waals surface area contributed by atoms with Gasteiger partial charge in [-0.05, 0) is 18.6 Å². The van der Waals surface area contributed by atoms with E-state index in [0.29, 0.717) is 6.42 Å². The Balaban J connectivity index is 2.23. The van der Waals surface area contributed by atoms with Crippen molar-refractivity contribution >= 4 is 5.91 Å². The van der Waals surface area contributed by atoms with Gasteiger partial charge in [-0.2, -0.15) is 0 Å². The molecule has 0 radical (unpaired) electrons. The van der Waals surface area contributed by atoms with E-state index in [1.807, 2.05) is 29.2 Å². The minimum atomic E-state index is 0.223. The number of carbonyl (C=O) groups is 1. The third-order valence-corrected chi connectivity index (χ3v) is 1.92. The maximum Gasteiger partial charge on any atom is 0.241 e. The first-order valence-corrected chi connectivity index (χ1v) is 3.81. The van der Waals surface area contributed by atoms with Crippen LogP contribution in [0.4, 0.5) is 0 Å². The lowest BCUT2D eigenvalue weighted by Gasteiger charge is -2.16. The highest BCUT2D eigenvalue weighted by atomic mass is 16.2. The zero-order valence-electron chi connectivity index (χ0n) is 6.23. The normalized spacial score (nSPS) is 17.8. The van der Waals surface area contributed by atoms with Gasteiger partial charge in [0.05, 0.1) is 0 Å². The van der Waals surface area contributed by atoms with Crippen LogP contribution < -0.4 is 5.01 Å². The summed E-state index contributed by atoms with van der Waals surface area (Å²) in [6.07, 6.45) is 5.46. The smallest absolute Gasteiger partial charge is 0.241 e.